The lowest BCUT2D eigenvalue weighted by molar-refractivity contribution is -0.123. The predicted molar refractivity (Wildman–Crippen MR) is 96.7 cm³/mol. The summed E-state index contributed by atoms with van der Waals surface area (Å²) in [5.41, 5.74) is 2.25. The van der Waals surface area contributed by atoms with Gasteiger partial charge in [-0.2, -0.15) is 0 Å². The lowest BCUT2D eigenvalue weighted by Gasteiger charge is -2.37. The Morgan fingerprint density at radius 1 is 1.33 bits per heavy atom. The summed E-state index contributed by atoms with van der Waals surface area (Å²) in [4.78, 5) is 16.8. The fourth-order valence-electron chi connectivity index (χ4n) is 2.95. The van der Waals surface area contributed by atoms with Crippen molar-refractivity contribution in [1.82, 2.24) is 15.1 Å². The van der Waals surface area contributed by atoms with Gasteiger partial charge in [0, 0.05) is 32.2 Å². The zero-order valence-electron chi connectivity index (χ0n) is 15.4. The van der Waals surface area contributed by atoms with Crippen LogP contribution in [0.25, 0.3) is 0 Å². The largest absolute Gasteiger partial charge is 0.374 e. The molecule has 1 aliphatic heterocycles. The van der Waals surface area contributed by atoms with E-state index in [0.717, 1.165) is 30.8 Å². The summed E-state index contributed by atoms with van der Waals surface area (Å²) in [7, 11) is 2.13. The highest BCUT2D eigenvalue weighted by molar-refractivity contribution is 5.78. The first-order valence-electron chi connectivity index (χ1n) is 8.82. The van der Waals surface area contributed by atoms with Crippen molar-refractivity contribution >= 4 is 5.91 Å². The maximum absolute atomic E-state index is 12.2. The van der Waals surface area contributed by atoms with Crippen LogP contribution in [0.1, 0.15) is 31.9 Å². The van der Waals surface area contributed by atoms with Gasteiger partial charge in [-0.1, -0.05) is 24.3 Å². The summed E-state index contributed by atoms with van der Waals surface area (Å²) < 4.78 is 5.63. The van der Waals surface area contributed by atoms with Gasteiger partial charge in [0.25, 0.3) is 0 Å². The molecule has 1 heterocycles. The van der Waals surface area contributed by atoms with E-state index in [9.17, 15) is 4.79 Å². The molecule has 2 rings (SSSR count). The van der Waals surface area contributed by atoms with Gasteiger partial charge in [0.2, 0.25) is 5.91 Å². The predicted octanol–water partition coefficient (Wildman–Crippen LogP) is 1.86. The first kappa shape index (κ1) is 18.9. The van der Waals surface area contributed by atoms with Crippen molar-refractivity contribution in [3.8, 4) is 0 Å². The third-order valence-corrected chi connectivity index (χ3v) is 4.38. The van der Waals surface area contributed by atoms with E-state index in [1.54, 1.807) is 0 Å². The molecule has 134 valence electrons. The highest BCUT2D eigenvalue weighted by atomic mass is 16.5. The molecule has 0 aliphatic carbocycles. The normalized spacial score (nSPS) is 19.6. The molecule has 1 aromatic carbocycles. The minimum Gasteiger partial charge on any atom is -0.374 e. The monoisotopic (exact) mass is 333 g/mol. The molecule has 0 radical (unpaired) electrons. The molecule has 1 N–H and O–H groups in total. The third-order valence-electron chi connectivity index (χ3n) is 4.38. The van der Waals surface area contributed by atoms with Crippen molar-refractivity contribution in [2.24, 2.45) is 0 Å². The number of piperazine rings is 1. The molecule has 5 heteroatoms. The van der Waals surface area contributed by atoms with Gasteiger partial charge in [-0.05, 0) is 38.9 Å². The molecule has 1 unspecified atom stereocenters. The Morgan fingerprint density at radius 2 is 2.08 bits per heavy atom. The van der Waals surface area contributed by atoms with E-state index >= 15 is 0 Å². The van der Waals surface area contributed by atoms with Crippen LogP contribution in [-0.2, 0) is 22.7 Å². The second-order valence-electron chi connectivity index (χ2n) is 7.04. The second-order valence-corrected chi connectivity index (χ2v) is 7.04. The molecule has 1 atom stereocenters. The summed E-state index contributed by atoms with van der Waals surface area (Å²) in [6.45, 7) is 10.9. The Balaban J connectivity index is 1.78. The maximum Gasteiger partial charge on any atom is 0.234 e. The molecular formula is C19H31N3O2. The molecule has 1 fully saturated rings. The minimum atomic E-state index is 0.0928. The van der Waals surface area contributed by atoms with Crippen LogP contribution in [-0.4, -0.2) is 61.1 Å². The van der Waals surface area contributed by atoms with Crippen LogP contribution >= 0.6 is 0 Å². The molecular weight excluding hydrogens is 302 g/mol. The van der Waals surface area contributed by atoms with Crippen LogP contribution in [0.5, 0.6) is 0 Å². The molecule has 0 saturated carbocycles. The molecule has 1 saturated heterocycles. The zero-order chi connectivity index (χ0) is 17.5. The molecule has 5 nitrogen and oxygen atoms in total. The van der Waals surface area contributed by atoms with E-state index < -0.39 is 0 Å². The van der Waals surface area contributed by atoms with Crippen molar-refractivity contribution in [3.05, 3.63) is 35.4 Å². The van der Waals surface area contributed by atoms with Crippen molar-refractivity contribution in [2.75, 3.05) is 33.2 Å². The summed E-state index contributed by atoms with van der Waals surface area (Å²) in [6.07, 6.45) is 0.221. The van der Waals surface area contributed by atoms with E-state index in [-0.39, 0.29) is 12.0 Å². The van der Waals surface area contributed by atoms with Crippen LogP contribution in [0.3, 0.4) is 0 Å². The summed E-state index contributed by atoms with van der Waals surface area (Å²) >= 11 is 0. The number of nitrogens with one attached hydrogen (secondary N) is 1. The standard InChI is InChI=1S/C19H31N3O2/c1-15(2)24-14-18-7-5-6-17(10-18)11-20-19(23)13-22-9-8-21(4)12-16(22)3/h5-7,10,15-16H,8-9,11-14H2,1-4H3,(H,20,23). The van der Waals surface area contributed by atoms with Gasteiger partial charge in [0.05, 0.1) is 19.3 Å². The third kappa shape index (κ3) is 6.23. The van der Waals surface area contributed by atoms with E-state index in [1.807, 2.05) is 26.0 Å². The van der Waals surface area contributed by atoms with Crippen LogP contribution in [0, 0.1) is 0 Å². The van der Waals surface area contributed by atoms with E-state index in [1.165, 1.54) is 0 Å². The van der Waals surface area contributed by atoms with Gasteiger partial charge >= 0.3 is 0 Å². The number of likely N-dealkylation sites (N-methyl/N-ethyl adjacent to an activating group) is 1. The smallest absolute Gasteiger partial charge is 0.234 e. The Kier molecular flexibility index (Phi) is 7.21. The van der Waals surface area contributed by atoms with Crippen LogP contribution < -0.4 is 5.32 Å². The van der Waals surface area contributed by atoms with Gasteiger partial charge in [0.1, 0.15) is 0 Å². The second kappa shape index (κ2) is 9.16. The number of hydrogen-bond donors (Lipinski definition) is 1. The van der Waals surface area contributed by atoms with Crippen molar-refractivity contribution in [3.63, 3.8) is 0 Å². The highest BCUT2D eigenvalue weighted by Crippen LogP contribution is 2.09. The maximum atomic E-state index is 12.2. The fraction of sp³-hybridized carbons (Fsp3) is 0.632. The number of ether oxygens (including phenoxy) is 1. The van der Waals surface area contributed by atoms with E-state index in [0.29, 0.717) is 25.7 Å². The minimum absolute atomic E-state index is 0.0928. The van der Waals surface area contributed by atoms with Crippen LogP contribution in [0.2, 0.25) is 0 Å². The van der Waals surface area contributed by atoms with Crippen LogP contribution in [0.4, 0.5) is 0 Å². The topological polar surface area (TPSA) is 44.8 Å². The Morgan fingerprint density at radius 3 is 2.79 bits per heavy atom. The molecule has 0 aromatic heterocycles. The Labute approximate surface area is 146 Å². The van der Waals surface area contributed by atoms with Crippen LogP contribution in [0.15, 0.2) is 24.3 Å². The van der Waals surface area contributed by atoms with Crippen molar-refractivity contribution in [2.45, 2.75) is 46.1 Å². The number of carbonyl (C=O) groups excluding carboxylic acids is 1. The van der Waals surface area contributed by atoms with Gasteiger partial charge in [0.15, 0.2) is 0 Å². The van der Waals surface area contributed by atoms with E-state index in [4.69, 9.17) is 4.74 Å². The van der Waals surface area contributed by atoms with E-state index in [2.05, 4.69) is 41.2 Å². The average Bonchev–Trinajstić information content (AvgIpc) is 2.54. The number of nitrogens with zero attached hydrogens (tertiary/aromatic N) is 2. The number of carbonyl (C=O) groups is 1. The number of amides is 1. The highest BCUT2D eigenvalue weighted by Gasteiger charge is 2.22. The molecule has 1 aromatic rings. The summed E-state index contributed by atoms with van der Waals surface area (Å²) in [6, 6.07) is 8.63. The molecule has 0 bridgehead atoms. The Bertz CT molecular complexity index is 533. The number of benzene rings is 1. The lowest BCUT2D eigenvalue weighted by atomic mass is 10.1. The number of hydrogen-bond acceptors (Lipinski definition) is 4. The van der Waals surface area contributed by atoms with Crippen molar-refractivity contribution < 1.29 is 9.53 Å². The number of rotatable bonds is 7. The average molecular weight is 333 g/mol. The van der Waals surface area contributed by atoms with Gasteiger partial charge in [-0.15, -0.1) is 0 Å². The zero-order valence-corrected chi connectivity index (χ0v) is 15.4. The molecule has 24 heavy (non-hydrogen) atoms. The molecule has 0 spiro atoms. The first-order chi connectivity index (χ1) is 11.4. The summed E-state index contributed by atoms with van der Waals surface area (Å²) in [5.74, 6) is 0.0928. The lowest BCUT2D eigenvalue weighted by Crippen LogP contribution is -2.53. The molecule has 1 aliphatic rings. The molecule has 1 amide bonds. The SMILES string of the molecule is CC(C)OCc1cccc(CNC(=O)CN2CCN(C)CC2C)c1. The fourth-order valence-corrected chi connectivity index (χ4v) is 2.95. The quantitative estimate of drug-likeness (QED) is 0.827. The first-order valence-corrected chi connectivity index (χ1v) is 8.82. The van der Waals surface area contributed by atoms with Gasteiger partial charge in [-0.25, -0.2) is 0 Å². The Hall–Kier alpha value is -1.43. The summed E-state index contributed by atoms with van der Waals surface area (Å²) in [5, 5.41) is 3.04. The van der Waals surface area contributed by atoms with Crippen molar-refractivity contribution in [1.29, 1.82) is 0 Å². The van der Waals surface area contributed by atoms with Gasteiger partial charge < -0.3 is 15.0 Å². The van der Waals surface area contributed by atoms with Gasteiger partial charge in [-0.3, -0.25) is 9.69 Å².